The molecule has 3 heteroatoms. The van der Waals surface area contributed by atoms with Crippen molar-refractivity contribution in [3.8, 4) is 5.75 Å². The number of piperazine rings is 1. The van der Waals surface area contributed by atoms with Gasteiger partial charge in [-0.05, 0) is 19.1 Å². The van der Waals surface area contributed by atoms with Crippen LogP contribution in [0.2, 0.25) is 0 Å². The summed E-state index contributed by atoms with van der Waals surface area (Å²) in [7, 11) is 1.73. The maximum atomic E-state index is 5.38. The van der Waals surface area contributed by atoms with E-state index in [2.05, 4.69) is 29.3 Å². The van der Waals surface area contributed by atoms with Gasteiger partial charge >= 0.3 is 0 Å². The minimum atomic E-state index is 0.523. The molecule has 0 aromatic heterocycles. The van der Waals surface area contributed by atoms with Crippen LogP contribution in [0.5, 0.6) is 5.75 Å². The average molecular weight is 206 g/mol. The van der Waals surface area contributed by atoms with Crippen LogP contribution in [0.15, 0.2) is 24.3 Å². The first-order valence-electron chi connectivity index (χ1n) is 5.43. The minimum Gasteiger partial charge on any atom is -0.495 e. The van der Waals surface area contributed by atoms with Gasteiger partial charge in [-0.2, -0.15) is 0 Å². The van der Waals surface area contributed by atoms with Gasteiger partial charge in [0.2, 0.25) is 0 Å². The summed E-state index contributed by atoms with van der Waals surface area (Å²) in [6.45, 7) is 5.36. The highest BCUT2D eigenvalue weighted by Crippen LogP contribution is 2.29. The molecule has 0 amide bonds. The maximum Gasteiger partial charge on any atom is 0.142 e. The van der Waals surface area contributed by atoms with Crippen LogP contribution in [0, 0.1) is 0 Å². The van der Waals surface area contributed by atoms with Gasteiger partial charge in [-0.25, -0.2) is 0 Å². The van der Waals surface area contributed by atoms with Gasteiger partial charge in [-0.1, -0.05) is 12.1 Å². The van der Waals surface area contributed by atoms with Crippen LogP contribution in [-0.2, 0) is 0 Å². The SMILES string of the molecule is COc1ccccc1N1CCNCC1C. The molecular weight excluding hydrogens is 188 g/mol. The number of hydrogen-bond donors (Lipinski definition) is 1. The highest BCUT2D eigenvalue weighted by molar-refractivity contribution is 5.59. The number of benzene rings is 1. The zero-order valence-electron chi connectivity index (χ0n) is 9.36. The van der Waals surface area contributed by atoms with Gasteiger partial charge in [0.05, 0.1) is 12.8 Å². The third-order valence-corrected chi connectivity index (χ3v) is 2.90. The second-order valence-corrected chi connectivity index (χ2v) is 3.92. The summed E-state index contributed by atoms with van der Waals surface area (Å²) in [6.07, 6.45) is 0. The maximum absolute atomic E-state index is 5.38. The summed E-state index contributed by atoms with van der Waals surface area (Å²) < 4.78 is 5.38. The molecule has 1 aliphatic rings. The van der Waals surface area contributed by atoms with Gasteiger partial charge in [0, 0.05) is 25.7 Å². The van der Waals surface area contributed by atoms with Crippen molar-refractivity contribution >= 4 is 5.69 Å². The van der Waals surface area contributed by atoms with Gasteiger partial charge in [0.1, 0.15) is 5.75 Å². The molecule has 0 saturated carbocycles. The molecule has 1 fully saturated rings. The van der Waals surface area contributed by atoms with E-state index in [1.807, 2.05) is 12.1 Å². The second kappa shape index (κ2) is 4.53. The molecule has 1 aromatic carbocycles. The molecule has 1 saturated heterocycles. The molecule has 0 aliphatic carbocycles. The molecule has 0 radical (unpaired) electrons. The molecule has 1 aromatic rings. The highest BCUT2D eigenvalue weighted by Gasteiger charge is 2.20. The third-order valence-electron chi connectivity index (χ3n) is 2.90. The lowest BCUT2D eigenvalue weighted by molar-refractivity contribution is 0.409. The molecule has 3 nitrogen and oxygen atoms in total. The van der Waals surface area contributed by atoms with Gasteiger partial charge in [0.15, 0.2) is 0 Å². The number of rotatable bonds is 2. The largest absolute Gasteiger partial charge is 0.495 e. The van der Waals surface area contributed by atoms with Crippen molar-refractivity contribution < 1.29 is 4.74 Å². The zero-order valence-corrected chi connectivity index (χ0v) is 9.36. The van der Waals surface area contributed by atoms with E-state index >= 15 is 0 Å². The fourth-order valence-corrected chi connectivity index (χ4v) is 2.07. The molecule has 15 heavy (non-hydrogen) atoms. The van der Waals surface area contributed by atoms with Gasteiger partial charge in [-0.3, -0.25) is 0 Å². The van der Waals surface area contributed by atoms with E-state index in [4.69, 9.17) is 4.74 Å². The summed E-state index contributed by atoms with van der Waals surface area (Å²) in [5.41, 5.74) is 1.20. The van der Waals surface area contributed by atoms with Gasteiger partial charge < -0.3 is 15.0 Å². The number of para-hydroxylation sites is 2. The molecule has 1 atom stereocenters. The lowest BCUT2D eigenvalue weighted by atomic mass is 10.1. The fourth-order valence-electron chi connectivity index (χ4n) is 2.07. The molecule has 0 bridgehead atoms. The number of nitrogens with one attached hydrogen (secondary N) is 1. The smallest absolute Gasteiger partial charge is 0.142 e. The first-order valence-corrected chi connectivity index (χ1v) is 5.43. The first kappa shape index (κ1) is 10.3. The van der Waals surface area contributed by atoms with Crippen LogP contribution in [0.3, 0.4) is 0 Å². The lowest BCUT2D eigenvalue weighted by Crippen LogP contribution is -2.50. The van der Waals surface area contributed by atoms with E-state index in [0.717, 1.165) is 25.4 Å². The Morgan fingerprint density at radius 2 is 2.20 bits per heavy atom. The molecule has 1 heterocycles. The number of nitrogens with zero attached hydrogens (tertiary/aromatic N) is 1. The van der Waals surface area contributed by atoms with E-state index < -0.39 is 0 Å². The summed E-state index contributed by atoms with van der Waals surface area (Å²) >= 11 is 0. The highest BCUT2D eigenvalue weighted by atomic mass is 16.5. The average Bonchev–Trinajstić information content (AvgIpc) is 2.30. The van der Waals surface area contributed by atoms with Crippen LogP contribution in [0.4, 0.5) is 5.69 Å². The van der Waals surface area contributed by atoms with Crippen molar-refractivity contribution in [2.24, 2.45) is 0 Å². The quantitative estimate of drug-likeness (QED) is 0.793. The minimum absolute atomic E-state index is 0.523. The fraction of sp³-hybridized carbons (Fsp3) is 0.500. The van der Waals surface area contributed by atoms with E-state index in [0.29, 0.717) is 6.04 Å². The van der Waals surface area contributed by atoms with Crippen LogP contribution in [0.1, 0.15) is 6.92 Å². The van der Waals surface area contributed by atoms with Crippen molar-refractivity contribution in [3.63, 3.8) is 0 Å². The summed E-state index contributed by atoms with van der Waals surface area (Å²) in [6, 6.07) is 8.74. The number of methoxy groups -OCH3 is 1. The Labute approximate surface area is 91.0 Å². The number of hydrogen-bond acceptors (Lipinski definition) is 3. The first-order chi connectivity index (χ1) is 7.33. The number of ether oxygens (including phenoxy) is 1. The zero-order chi connectivity index (χ0) is 10.7. The Morgan fingerprint density at radius 3 is 2.93 bits per heavy atom. The van der Waals surface area contributed by atoms with Crippen LogP contribution >= 0.6 is 0 Å². The van der Waals surface area contributed by atoms with Crippen molar-refractivity contribution in [1.29, 1.82) is 0 Å². The van der Waals surface area contributed by atoms with E-state index in [9.17, 15) is 0 Å². The Kier molecular flexibility index (Phi) is 3.11. The van der Waals surface area contributed by atoms with Crippen molar-refractivity contribution in [1.82, 2.24) is 5.32 Å². The molecular formula is C12H18N2O. The van der Waals surface area contributed by atoms with E-state index in [1.165, 1.54) is 5.69 Å². The second-order valence-electron chi connectivity index (χ2n) is 3.92. The Balaban J connectivity index is 2.26. The predicted molar refractivity (Wildman–Crippen MR) is 62.7 cm³/mol. The normalized spacial score (nSPS) is 21.5. The molecule has 1 unspecified atom stereocenters. The predicted octanol–water partition coefficient (Wildman–Crippen LogP) is 1.49. The molecule has 2 rings (SSSR count). The molecule has 0 spiro atoms. The monoisotopic (exact) mass is 206 g/mol. The Hall–Kier alpha value is -1.22. The Bertz CT molecular complexity index is 327. The van der Waals surface area contributed by atoms with Crippen LogP contribution in [0.25, 0.3) is 0 Å². The van der Waals surface area contributed by atoms with Crippen LogP contribution in [-0.4, -0.2) is 32.8 Å². The molecule has 82 valence electrons. The lowest BCUT2D eigenvalue weighted by Gasteiger charge is -2.36. The van der Waals surface area contributed by atoms with E-state index in [-0.39, 0.29) is 0 Å². The topological polar surface area (TPSA) is 24.5 Å². The molecule has 1 aliphatic heterocycles. The number of anilines is 1. The van der Waals surface area contributed by atoms with Crippen molar-refractivity contribution in [3.05, 3.63) is 24.3 Å². The van der Waals surface area contributed by atoms with Crippen LogP contribution < -0.4 is 15.0 Å². The summed E-state index contributed by atoms with van der Waals surface area (Å²) in [5.74, 6) is 0.964. The van der Waals surface area contributed by atoms with Gasteiger partial charge in [-0.15, -0.1) is 0 Å². The van der Waals surface area contributed by atoms with E-state index in [1.54, 1.807) is 7.11 Å². The standard InChI is InChI=1S/C12H18N2O/c1-10-9-13-7-8-14(10)11-5-3-4-6-12(11)15-2/h3-6,10,13H,7-9H2,1-2H3. The Morgan fingerprint density at radius 1 is 1.40 bits per heavy atom. The van der Waals surface area contributed by atoms with Gasteiger partial charge in [0.25, 0.3) is 0 Å². The van der Waals surface area contributed by atoms with Crippen molar-refractivity contribution in [2.75, 3.05) is 31.6 Å². The summed E-state index contributed by atoms with van der Waals surface area (Å²) in [4.78, 5) is 2.40. The van der Waals surface area contributed by atoms with Crippen molar-refractivity contribution in [2.45, 2.75) is 13.0 Å². The third kappa shape index (κ3) is 2.07. The summed E-state index contributed by atoms with van der Waals surface area (Å²) in [5, 5.41) is 3.39. The molecule has 1 N–H and O–H groups in total.